The molecule has 1 saturated heterocycles. The van der Waals surface area contributed by atoms with Gasteiger partial charge < -0.3 is 15.4 Å². The van der Waals surface area contributed by atoms with Crippen molar-refractivity contribution >= 4 is 36.7 Å². The van der Waals surface area contributed by atoms with E-state index in [0.29, 0.717) is 26.3 Å². The van der Waals surface area contributed by atoms with Crippen LogP contribution < -0.4 is 11.1 Å². The maximum Gasteiger partial charge on any atom is 0.198 e. The fourth-order valence-electron chi connectivity index (χ4n) is 0.994. The summed E-state index contributed by atoms with van der Waals surface area (Å²) in [5, 5.41) is 16.8. The zero-order valence-corrected chi connectivity index (χ0v) is 9.21. The van der Waals surface area contributed by atoms with Gasteiger partial charge in [-0.05, 0) is 0 Å². The maximum absolute atomic E-state index is 7.45. The molecule has 8 heteroatoms. The summed E-state index contributed by atoms with van der Waals surface area (Å²) in [6.07, 6.45) is 0. The molecule has 1 heterocycles. The van der Waals surface area contributed by atoms with Crippen LogP contribution in [0.15, 0.2) is 0 Å². The van der Waals surface area contributed by atoms with Gasteiger partial charge in [0.25, 0.3) is 0 Å². The molecule has 0 spiro atoms. The molecule has 1 fully saturated rings. The number of morpholine rings is 1. The number of halogens is 2. The Morgan fingerprint density at radius 3 is 2.14 bits per heavy atom. The Balaban J connectivity index is 0. The molecule has 0 radical (unpaired) electrons. The molecule has 0 aliphatic carbocycles. The van der Waals surface area contributed by atoms with Gasteiger partial charge >= 0.3 is 0 Å². The monoisotopic (exact) mass is 243 g/mol. The lowest BCUT2D eigenvalue weighted by molar-refractivity contribution is 0.0667. The minimum absolute atomic E-state index is 0. The zero-order chi connectivity index (χ0) is 8.97. The predicted octanol–water partition coefficient (Wildman–Crippen LogP) is -0.420. The Bertz CT molecular complexity index is 195. The summed E-state index contributed by atoms with van der Waals surface area (Å²) in [6, 6.07) is 0. The second-order valence-electron chi connectivity index (χ2n) is 2.49. The van der Waals surface area contributed by atoms with E-state index < -0.39 is 0 Å². The molecular weight excluding hydrogens is 229 g/mol. The highest BCUT2D eigenvalue weighted by Crippen LogP contribution is 1.95. The fourth-order valence-corrected chi connectivity index (χ4v) is 0.994. The molecule has 1 aliphatic rings. The largest absolute Gasteiger partial charge is 0.378 e. The van der Waals surface area contributed by atoms with E-state index in [-0.39, 0.29) is 36.7 Å². The Morgan fingerprint density at radius 2 is 1.71 bits per heavy atom. The topological polar surface area (TPSA) is 98.2 Å². The minimum atomic E-state index is -0.202. The van der Waals surface area contributed by atoms with E-state index in [9.17, 15) is 0 Å². The Kier molecular flexibility index (Phi) is 8.61. The number of nitrogens with two attached hydrogens (primary N) is 1. The van der Waals surface area contributed by atoms with Gasteiger partial charge in [-0.2, -0.15) is 0 Å². The maximum atomic E-state index is 7.45. The van der Waals surface area contributed by atoms with Crippen LogP contribution in [0.5, 0.6) is 0 Å². The highest BCUT2D eigenvalue weighted by atomic mass is 35.5. The Morgan fingerprint density at radius 1 is 1.21 bits per heavy atom. The van der Waals surface area contributed by atoms with E-state index >= 15 is 0 Å². The molecule has 0 saturated carbocycles. The molecule has 1 rings (SSSR count). The zero-order valence-electron chi connectivity index (χ0n) is 7.58. The average Bonchev–Trinajstić information content (AvgIpc) is 2.05. The molecule has 0 aromatic carbocycles. The van der Waals surface area contributed by atoms with E-state index in [1.54, 1.807) is 4.90 Å². The summed E-state index contributed by atoms with van der Waals surface area (Å²) in [6.45, 7) is 2.61. The third-order valence-corrected chi connectivity index (χ3v) is 1.58. The fraction of sp³-hybridized carbons (Fsp3) is 0.667. The van der Waals surface area contributed by atoms with Crippen molar-refractivity contribution in [3.05, 3.63) is 0 Å². The Labute approximate surface area is 95.0 Å². The number of hydrogen-bond donors (Lipinski definition) is 4. The van der Waals surface area contributed by atoms with Crippen molar-refractivity contribution in [3.63, 3.8) is 0 Å². The first kappa shape index (κ1) is 15.7. The number of guanidine groups is 2. The van der Waals surface area contributed by atoms with Gasteiger partial charge in [0.2, 0.25) is 0 Å². The van der Waals surface area contributed by atoms with Crippen molar-refractivity contribution in [1.29, 1.82) is 10.8 Å². The lowest BCUT2D eigenvalue weighted by Crippen LogP contribution is -2.50. The number of rotatable bonds is 0. The van der Waals surface area contributed by atoms with Crippen LogP contribution in [0.3, 0.4) is 0 Å². The normalized spacial score (nSPS) is 14.7. The highest BCUT2D eigenvalue weighted by Gasteiger charge is 2.13. The molecule has 84 valence electrons. The molecule has 0 unspecified atom stereocenters. The van der Waals surface area contributed by atoms with Crippen LogP contribution in [0.4, 0.5) is 0 Å². The molecule has 6 nitrogen and oxygen atoms in total. The first-order valence-electron chi connectivity index (χ1n) is 3.72. The minimum Gasteiger partial charge on any atom is -0.378 e. The van der Waals surface area contributed by atoms with Gasteiger partial charge in [0, 0.05) is 13.1 Å². The van der Waals surface area contributed by atoms with Gasteiger partial charge in [0.1, 0.15) is 0 Å². The molecule has 0 bridgehead atoms. The number of ether oxygens (including phenoxy) is 1. The average molecular weight is 244 g/mol. The second-order valence-corrected chi connectivity index (χ2v) is 2.49. The van der Waals surface area contributed by atoms with E-state index in [4.69, 9.17) is 21.3 Å². The number of nitrogens with one attached hydrogen (secondary N) is 3. The van der Waals surface area contributed by atoms with Crippen LogP contribution in [0, 0.1) is 10.8 Å². The van der Waals surface area contributed by atoms with E-state index in [2.05, 4.69) is 5.32 Å². The van der Waals surface area contributed by atoms with Gasteiger partial charge in [0.05, 0.1) is 13.2 Å². The van der Waals surface area contributed by atoms with Crippen LogP contribution in [0.1, 0.15) is 0 Å². The summed E-state index contributed by atoms with van der Waals surface area (Å²) in [5.74, 6) is -0.0303. The molecule has 1 aliphatic heterocycles. The summed E-state index contributed by atoms with van der Waals surface area (Å²) < 4.78 is 5.10. The quantitative estimate of drug-likeness (QED) is 0.343. The molecule has 0 amide bonds. The molecule has 14 heavy (non-hydrogen) atoms. The van der Waals surface area contributed by atoms with Crippen molar-refractivity contribution in [2.45, 2.75) is 0 Å². The van der Waals surface area contributed by atoms with Crippen molar-refractivity contribution in [2.24, 2.45) is 5.73 Å². The van der Waals surface area contributed by atoms with Crippen LogP contribution in [-0.2, 0) is 4.74 Å². The van der Waals surface area contributed by atoms with E-state index in [1.165, 1.54) is 0 Å². The van der Waals surface area contributed by atoms with Crippen LogP contribution in [0.2, 0.25) is 0 Å². The summed E-state index contributed by atoms with van der Waals surface area (Å²) in [7, 11) is 0. The van der Waals surface area contributed by atoms with Crippen molar-refractivity contribution < 1.29 is 4.74 Å². The summed E-state index contributed by atoms with van der Waals surface area (Å²) in [4.78, 5) is 1.78. The van der Waals surface area contributed by atoms with Gasteiger partial charge in [-0.15, -0.1) is 24.8 Å². The van der Waals surface area contributed by atoms with Gasteiger partial charge in [-0.1, -0.05) is 0 Å². The highest BCUT2D eigenvalue weighted by molar-refractivity contribution is 5.94. The Hall–Kier alpha value is -0.720. The number of nitrogens with zero attached hydrogens (tertiary/aromatic N) is 1. The third-order valence-electron chi connectivity index (χ3n) is 1.58. The molecule has 0 atom stereocenters. The van der Waals surface area contributed by atoms with Gasteiger partial charge in [-0.3, -0.25) is 16.1 Å². The number of hydrogen-bond acceptors (Lipinski definition) is 3. The van der Waals surface area contributed by atoms with Crippen molar-refractivity contribution in [3.8, 4) is 0 Å². The first-order chi connectivity index (χ1) is 5.70. The van der Waals surface area contributed by atoms with Crippen LogP contribution in [0.25, 0.3) is 0 Å². The molecule has 5 N–H and O–H groups in total. The lowest BCUT2D eigenvalue weighted by atomic mass is 10.4. The molecule has 0 aromatic rings. The summed E-state index contributed by atoms with van der Waals surface area (Å²) in [5.41, 5.74) is 5.07. The van der Waals surface area contributed by atoms with Crippen LogP contribution in [-0.4, -0.2) is 43.1 Å². The lowest BCUT2D eigenvalue weighted by Gasteiger charge is -2.28. The van der Waals surface area contributed by atoms with E-state index in [1.807, 2.05) is 0 Å². The SMILES string of the molecule is Cl.Cl.N=C(N)NC(=N)N1CCOCC1. The van der Waals surface area contributed by atoms with E-state index in [0.717, 1.165) is 0 Å². The standard InChI is InChI=1S/C6H13N5O.2ClH/c7-5(8)10-6(9)11-1-3-12-4-2-11;;/h1-4H2,(H5,7,8,9,10);2*1H. The predicted molar refractivity (Wildman–Crippen MR) is 59.7 cm³/mol. The smallest absolute Gasteiger partial charge is 0.198 e. The second kappa shape index (κ2) is 7.66. The van der Waals surface area contributed by atoms with Gasteiger partial charge in [-0.25, -0.2) is 0 Å². The first-order valence-corrected chi connectivity index (χ1v) is 3.72. The summed E-state index contributed by atoms with van der Waals surface area (Å²) >= 11 is 0. The van der Waals surface area contributed by atoms with Crippen molar-refractivity contribution in [2.75, 3.05) is 26.3 Å². The molecular formula is C6H15Cl2N5O. The molecule has 0 aromatic heterocycles. The third kappa shape index (κ3) is 5.11. The van der Waals surface area contributed by atoms with Crippen LogP contribution >= 0.6 is 24.8 Å². The van der Waals surface area contributed by atoms with Gasteiger partial charge in [0.15, 0.2) is 11.9 Å². The van der Waals surface area contributed by atoms with Crippen molar-refractivity contribution in [1.82, 2.24) is 10.2 Å².